The summed E-state index contributed by atoms with van der Waals surface area (Å²) in [4.78, 5) is 32.2. The standard InChI is InChI=1S/C35H39N4O5S.W/c1-22-11-12-28(15-23(22)2)44-33-14-13-29(16-24(33)3)45(42,43)39-32(18-27-20-37-31-10-5-4-9-30(27)31)34(40)38(35(39)41)21-26-8-6-7-25(17-26)19-36;/h4-5,9,11-16,20,25-26,32,37H,6-8,17-19,21,36H2,1-3H3;/q-1;. The van der Waals surface area contributed by atoms with Gasteiger partial charge in [-0.3, -0.25) is 9.69 Å². The summed E-state index contributed by atoms with van der Waals surface area (Å²) in [5.41, 5.74) is 10.2. The van der Waals surface area contributed by atoms with Crippen molar-refractivity contribution >= 4 is 32.9 Å². The van der Waals surface area contributed by atoms with Crippen LogP contribution in [0.5, 0.6) is 11.5 Å². The number of ether oxygens (including phenoxy) is 1. The molecule has 11 heteroatoms. The number of para-hydroxylation sites is 1. The molecule has 3 N–H and O–H groups in total. The van der Waals surface area contributed by atoms with Crippen LogP contribution in [-0.2, 0) is 42.3 Å². The Morgan fingerprint density at radius 2 is 1.78 bits per heavy atom. The molecule has 3 aromatic carbocycles. The number of hydrogen-bond acceptors (Lipinski definition) is 6. The second kappa shape index (κ2) is 13.7. The van der Waals surface area contributed by atoms with Crippen molar-refractivity contribution in [2.75, 3.05) is 13.1 Å². The number of imide groups is 1. The average Bonchev–Trinajstić information content (AvgIpc) is 3.54. The van der Waals surface area contributed by atoms with Gasteiger partial charge in [0.05, 0.1) is 4.90 Å². The van der Waals surface area contributed by atoms with Crippen LogP contribution in [0.25, 0.3) is 10.9 Å². The number of amides is 3. The van der Waals surface area contributed by atoms with E-state index < -0.39 is 28.0 Å². The fourth-order valence-corrected chi connectivity index (χ4v) is 8.23. The normalized spacial score (nSPS) is 20.3. The summed E-state index contributed by atoms with van der Waals surface area (Å²) in [5, 5.41) is 0.829. The van der Waals surface area contributed by atoms with Gasteiger partial charge in [-0.05, 0) is 118 Å². The number of aromatic nitrogens is 1. The number of carbonyl (C=O) groups is 2. The maximum Gasteiger partial charge on any atom is 0.341 e. The number of urea groups is 1. The molecule has 6 rings (SSSR count). The number of rotatable bonds is 9. The van der Waals surface area contributed by atoms with Crippen LogP contribution >= 0.6 is 0 Å². The Morgan fingerprint density at radius 1 is 1.00 bits per heavy atom. The minimum atomic E-state index is -4.41. The Labute approximate surface area is 284 Å². The van der Waals surface area contributed by atoms with E-state index in [4.69, 9.17) is 10.5 Å². The first-order valence-corrected chi connectivity index (χ1v) is 16.9. The quantitative estimate of drug-likeness (QED) is 0.158. The third-order valence-electron chi connectivity index (χ3n) is 9.33. The van der Waals surface area contributed by atoms with Crippen LogP contribution < -0.4 is 10.5 Å². The van der Waals surface area contributed by atoms with Crippen LogP contribution in [0.1, 0.15) is 47.9 Å². The van der Waals surface area contributed by atoms with Crippen molar-refractivity contribution in [2.24, 2.45) is 17.6 Å². The number of H-pyrrole nitrogens is 1. The van der Waals surface area contributed by atoms with E-state index in [0.717, 1.165) is 62.5 Å². The van der Waals surface area contributed by atoms with Crippen molar-refractivity contribution < 1.29 is 43.8 Å². The molecular formula is C35H39N4O5SW-. The monoisotopic (exact) mass is 811 g/mol. The van der Waals surface area contributed by atoms with Gasteiger partial charge >= 0.3 is 6.03 Å². The molecule has 1 saturated carbocycles. The van der Waals surface area contributed by atoms with Gasteiger partial charge in [0.15, 0.2) is 0 Å². The zero-order chi connectivity index (χ0) is 31.9. The minimum Gasteiger partial charge on any atom is -0.457 e. The Balaban J connectivity index is 0.00000417. The molecule has 3 unspecified atom stereocenters. The molecule has 1 saturated heterocycles. The zero-order valence-corrected chi connectivity index (χ0v) is 30.0. The van der Waals surface area contributed by atoms with Crippen molar-refractivity contribution in [1.82, 2.24) is 14.2 Å². The predicted octanol–water partition coefficient (Wildman–Crippen LogP) is 6.01. The fraction of sp³-hybridized carbons (Fsp3) is 0.371. The van der Waals surface area contributed by atoms with Gasteiger partial charge in [0.2, 0.25) is 0 Å². The molecule has 3 amide bonds. The Morgan fingerprint density at radius 3 is 2.52 bits per heavy atom. The predicted molar refractivity (Wildman–Crippen MR) is 172 cm³/mol. The molecule has 1 aromatic heterocycles. The maximum atomic E-state index is 14.3. The van der Waals surface area contributed by atoms with Gasteiger partial charge in [0.25, 0.3) is 15.9 Å². The van der Waals surface area contributed by atoms with Crippen molar-refractivity contribution in [2.45, 2.75) is 63.8 Å². The van der Waals surface area contributed by atoms with Crippen molar-refractivity contribution in [1.29, 1.82) is 0 Å². The number of aromatic amines is 1. The molecule has 2 aliphatic rings. The number of sulfonamides is 1. The zero-order valence-electron chi connectivity index (χ0n) is 26.3. The number of nitrogens with two attached hydrogens (primary N) is 1. The molecule has 2 fully saturated rings. The summed E-state index contributed by atoms with van der Waals surface area (Å²) < 4.78 is 35.4. The van der Waals surface area contributed by atoms with Crippen LogP contribution in [0, 0.1) is 38.7 Å². The van der Waals surface area contributed by atoms with E-state index >= 15 is 0 Å². The molecule has 46 heavy (non-hydrogen) atoms. The number of benzene rings is 3. The first kappa shape index (κ1) is 33.9. The van der Waals surface area contributed by atoms with Gasteiger partial charge in [-0.25, -0.2) is 17.5 Å². The minimum absolute atomic E-state index is 0. The number of aryl methyl sites for hydroxylation is 3. The largest absolute Gasteiger partial charge is 0.457 e. The fourth-order valence-electron chi connectivity index (χ4n) is 6.63. The molecule has 3 atom stereocenters. The molecule has 242 valence electrons. The van der Waals surface area contributed by atoms with E-state index in [-0.39, 0.29) is 44.8 Å². The van der Waals surface area contributed by atoms with Crippen LogP contribution in [0.2, 0.25) is 0 Å². The van der Waals surface area contributed by atoms with Crippen molar-refractivity contribution in [3.63, 3.8) is 0 Å². The first-order chi connectivity index (χ1) is 21.6. The van der Waals surface area contributed by atoms with E-state index in [1.165, 1.54) is 12.1 Å². The molecular weight excluding hydrogens is 772 g/mol. The van der Waals surface area contributed by atoms with Gasteiger partial charge in [-0.2, -0.15) is 24.3 Å². The molecule has 4 aromatic rings. The SMILES string of the molecule is Cc1ccc(Oc2ccc(S(=O)(=O)N3C(=O)N(CC4CCCC(CN)C4)C(=O)C3Cc3c[nH]c4[c-]cccc34)cc2C)cc1C.[W]. The summed E-state index contributed by atoms with van der Waals surface area (Å²) in [6.07, 6.45) is 5.46. The van der Waals surface area contributed by atoms with Crippen molar-refractivity contribution in [3.8, 4) is 11.5 Å². The van der Waals surface area contributed by atoms with E-state index in [0.29, 0.717) is 29.5 Å². The number of fused-ring (bicyclic) bond motifs is 1. The Bertz CT molecular complexity index is 1870. The van der Waals surface area contributed by atoms with Crippen LogP contribution in [-0.4, -0.2) is 53.7 Å². The maximum absolute atomic E-state index is 14.3. The van der Waals surface area contributed by atoms with E-state index in [1.807, 2.05) is 44.2 Å². The van der Waals surface area contributed by atoms with Gasteiger partial charge in [-0.1, -0.05) is 23.6 Å². The molecule has 1 aliphatic carbocycles. The van der Waals surface area contributed by atoms with Crippen LogP contribution in [0.3, 0.4) is 0 Å². The number of nitrogens with one attached hydrogen (secondary N) is 1. The molecule has 0 radical (unpaired) electrons. The van der Waals surface area contributed by atoms with Gasteiger partial charge < -0.3 is 15.5 Å². The third kappa shape index (κ3) is 6.53. The second-order valence-corrected chi connectivity index (χ2v) is 14.2. The molecule has 0 bridgehead atoms. The molecule has 1 aliphatic heterocycles. The Hall–Kier alpha value is -3.46. The molecule has 9 nitrogen and oxygen atoms in total. The van der Waals surface area contributed by atoms with Gasteiger partial charge in [-0.15, -0.1) is 5.39 Å². The number of carbonyl (C=O) groups excluding carboxylic acids is 2. The summed E-state index contributed by atoms with van der Waals surface area (Å²) in [7, 11) is -4.41. The summed E-state index contributed by atoms with van der Waals surface area (Å²) in [6, 6.07) is 16.9. The number of nitrogens with zero attached hydrogens (tertiary/aromatic N) is 2. The van der Waals surface area contributed by atoms with Gasteiger partial charge in [0.1, 0.15) is 17.5 Å². The molecule has 2 heterocycles. The summed E-state index contributed by atoms with van der Waals surface area (Å²) in [5.74, 6) is 1.06. The summed E-state index contributed by atoms with van der Waals surface area (Å²) in [6.45, 7) is 6.52. The number of hydrogen-bond donors (Lipinski definition) is 2. The third-order valence-corrected chi connectivity index (χ3v) is 11.1. The topological polar surface area (TPSA) is 126 Å². The van der Waals surface area contributed by atoms with Gasteiger partial charge in [0, 0.05) is 27.6 Å². The van der Waals surface area contributed by atoms with Crippen LogP contribution in [0.4, 0.5) is 4.79 Å². The van der Waals surface area contributed by atoms with E-state index in [2.05, 4.69) is 11.1 Å². The smallest absolute Gasteiger partial charge is 0.341 e. The Kier molecular flexibility index (Phi) is 10.1. The average molecular weight is 812 g/mol. The van der Waals surface area contributed by atoms with Crippen LogP contribution in [0.15, 0.2) is 65.7 Å². The first-order valence-electron chi connectivity index (χ1n) is 15.5. The van der Waals surface area contributed by atoms with Crippen molar-refractivity contribution in [3.05, 3.63) is 89.1 Å². The summed E-state index contributed by atoms with van der Waals surface area (Å²) >= 11 is 0. The van der Waals surface area contributed by atoms with E-state index in [9.17, 15) is 18.0 Å². The van der Waals surface area contributed by atoms with E-state index in [1.54, 1.807) is 25.3 Å². The second-order valence-electron chi connectivity index (χ2n) is 12.4. The molecule has 0 spiro atoms.